The van der Waals surface area contributed by atoms with Crippen LogP contribution in [-0.4, -0.2) is 41.0 Å². The minimum absolute atomic E-state index is 0.108. The summed E-state index contributed by atoms with van der Waals surface area (Å²) in [6.07, 6.45) is -0.862. The molecule has 0 radical (unpaired) electrons. The smallest absolute Gasteiger partial charge is 0.334 e. The second-order valence-electron chi connectivity index (χ2n) is 6.63. The Hall–Kier alpha value is -2.53. The molecule has 8 nitrogen and oxygen atoms in total. The first kappa shape index (κ1) is 21.7. The summed E-state index contributed by atoms with van der Waals surface area (Å²) < 4.78 is 39.7. The van der Waals surface area contributed by atoms with Gasteiger partial charge < -0.3 is 9.47 Å². The predicted molar refractivity (Wildman–Crippen MR) is 118 cm³/mol. The van der Waals surface area contributed by atoms with E-state index >= 15 is 0 Å². The summed E-state index contributed by atoms with van der Waals surface area (Å²) in [7, 11) is -4.00. The number of hydrogen-bond acceptors (Lipinski definition) is 8. The van der Waals surface area contributed by atoms with Gasteiger partial charge in [0.2, 0.25) is 0 Å². The lowest BCUT2D eigenvalue weighted by Crippen LogP contribution is -2.24. The third-order valence-corrected chi connectivity index (χ3v) is 7.36. The number of ether oxygens (including phenoxy) is 2. The van der Waals surface area contributed by atoms with Crippen molar-refractivity contribution in [2.24, 2.45) is 0 Å². The Morgan fingerprint density at radius 1 is 1.23 bits per heavy atom. The average Bonchev–Trinajstić information content (AvgIpc) is 3.35. The van der Waals surface area contributed by atoms with Crippen LogP contribution in [0.15, 0.2) is 46.8 Å². The van der Waals surface area contributed by atoms with E-state index in [0.717, 1.165) is 10.2 Å². The lowest BCUT2D eigenvalue weighted by atomic mass is 10.3. The molecule has 0 N–H and O–H groups in total. The number of fused-ring (bicyclic) bond motifs is 2. The number of rotatable bonds is 7. The van der Waals surface area contributed by atoms with Gasteiger partial charge in [0.25, 0.3) is 10.0 Å². The van der Waals surface area contributed by atoms with Crippen molar-refractivity contribution >= 4 is 60.2 Å². The number of benzene rings is 1. The van der Waals surface area contributed by atoms with E-state index in [0.29, 0.717) is 16.7 Å². The highest BCUT2D eigenvalue weighted by atomic mass is 35.5. The summed E-state index contributed by atoms with van der Waals surface area (Å²) in [5.74, 6) is -0.523. The normalized spacial score (nSPS) is 13.0. The highest BCUT2D eigenvalue weighted by molar-refractivity contribution is 7.90. The zero-order chi connectivity index (χ0) is 22.2. The molecule has 31 heavy (non-hydrogen) atoms. The first-order valence-electron chi connectivity index (χ1n) is 9.35. The number of halogens is 1. The number of carbonyl (C=O) groups excluding carboxylic acids is 1. The molecule has 4 aromatic rings. The number of thiazole rings is 1. The number of pyridine rings is 1. The Bertz CT molecular complexity index is 1380. The van der Waals surface area contributed by atoms with Gasteiger partial charge in [0.15, 0.2) is 6.10 Å². The minimum Gasteiger partial charge on any atom is -0.464 e. The van der Waals surface area contributed by atoms with Gasteiger partial charge in [-0.2, -0.15) is 0 Å². The Morgan fingerprint density at radius 3 is 2.81 bits per heavy atom. The SMILES string of the molecule is CCOC(=O)C(C)OCc1cc2nc(Cl)ccc2n1S(=O)(=O)c1ccc2ncsc2c1. The van der Waals surface area contributed by atoms with Gasteiger partial charge in [-0.15, -0.1) is 11.3 Å². The second kappa shape index (κ2) is 8.54. The quantitative estimate of drug-likeness (QED) is 0.291. The van der Waals surface area contributed by atoms with Crippen molar-refractivity contribution in [3.63, 3.8) is 0 Å². The maximum atomic E-state index is 13.6. The fraction of sp³-hybridized carbons (Fsp3) is 0.250. The Kier molecular flexibility index (Phi) is 5.98. The van der Waals surface area contributed by atoms with Crippen molar-refractivity contribution in [1.82, 2.24) is 13.9 Å². The van der Waals surface area contributed by atoms with E-state index in [1.54, 1.807) is 43.6 Å². The van der Waals surface area contributed by atoms with Crippen molar-refractivity contribution < 1.29 is 22.7 Å². The first-order chi connectivity index (χ1) is 14.8. The molecule has 3 heterocycles. The van der Waals surface area contributed by atoms with Crippen LogP contribution < -0.4 is 0 Å². The van der Waals surface area contributed by atoms with Gasteiger partial charge in [0.1, 0.15) is 5.15 Å². The molecule has 1 unspecified atom stereocenters. The van der Waals surface area contributed by atoms with Gasteiger partial charge in [0.05, 0.1) is 50.6 Å². The minimum atomic E-state index is -4.00. The van der Waals surface area contributed by atoms with Gasteiger partial charge in [-0.3, -0.25) is 0 Å². The molecule has 0 saturated heterocycles. The summed E-state index contributed by atoms with van der Waals surface area (Å²) in [5, 5.41) is 0.237. The fourth-order valence-corrected chi connectivity index (χ4v) is 5.61. The maximum Gasteiger partial charge on any atom is 0.334 e. The molecular weight excluding hydrogens is 462 g/mol. The van der Waals surface area contributed by atoms with Crippen LogP contribution in [0.3, 0.4) is 0 Å². The van der Waals surface area contributed by atoms with Crippen molar-refractivity contribution in [2.45, 2.75) is 31.5 Å². The van der Waals surface area contributed by atoms with Crippen LogP contribution in [0.5, 0.6) is 0 Å². The molecule has 0 amide bonds. The average molecular weight is 480 g/mol. The van der Waals surface area contributed by atoms with Crippen LogP contribution in [0.4, 0.5) is 0 Å². The van der Waals surface area contributed by atoms with Gasteiger partial charge in [-0.25, -0.2) is 27.2 Å². The molecule has 1 aromatic carbocycles. The van der Waals surface area contributed by atoms with Crippen LogP contribution in [0.1, 0.15) is 19.5 Å². The highest BCUT2D eigenvalue weighted by Gasteiger charge is 2.25. The van der Waals surface area contributed by atoms with Gasteiger partial charge in [-0.1, -0.05) is 11.6 Å². The third-order valence-electron chi connectivity index (χ3n) is 4.59. The van der Waals surface area contributed by atoms with E-state index in [2.05, 4.69) is 9.97 Å². The van der Waals surface area contributed by atoms with Crippen molar-refractivity contribution in [1.29, 1.82) is 0 Å². The summed E-state index contributed by atoms with van der Waals surface area (Å²) in [6, 6.07) is 9.46. The van der Waals surface area contributed by atoms with Crippen molar-refractivity contribution in [3.8, 4) is 0 Å². The van der Waals surface area contributed by atoms with Crippen LogP contribution in [-0.2, 0) is 30.9 Å². The van der Waals surface area contributed by atoms with Crippen LogP contribution >= 0.6 is 22.9 Å². The number of nitrogens with zero attached hydrogens (tertiary/aromatic N) is 3. The predicted octanol–water partition coefficient (Wildman–Crippen LogP) is 4.00. The zero-order valence-electron chi connectivity index (χ0n) is 16.6. The van der Waals surface area contributed by atoms with Crippen molar-refractivity contribution in [3.05, 3.63) is 52.8 Å². The summed E-state index contributed by atoms with van der Waals surface area (Å²) >= 11 is 7.36. The van der Waals surface area contributed by atoms with E-state index < -0.39 is 22.1 Å². The molecule has 162 valence electrons. The summed E-state index contributed by atoms with van der Waals surface area (Å²) in [5.41, 5.74) is 3.45. The van der Waals surface area contributed by atoms with E-state index in [1.165, 1.54) is 27.4 Å². The molecule has 0 spiro atoms. The molecule has 0 aliphatic heterocycles. The fourth-order valence-electron chi connectivity index (χ4n) is 3.12. The van der Waals surface area contributed by atoms with E-state index in [1.807, 2.05) is 0 Å². The molecule has 0 aliphatic carbocycles. The lowest BCUT2D eigenvalue weighted by molar-refractivity contribution is -0.156. The molecule has 3 aromatic heterocycles. The Morgan fingerprint density at radius 2 is 2.03 bits per heavy atom. The number of carbonyl (C=O) groups is 1. The van der Waals surface area contributed by atoms with Crippen LogP contribution in [0, 0.1) is 0 Å². The topological polar surface area (TPSA) is 100 Å². The summed E-state index contributed by atoms with van der Waals surface area (Å²) in [4.78, 5) is 20.4. The number of aromatic nitrogens is 3. The van der Waals surface area contributed by atoms with Crippen LogP contribution in [0.25, 0.3) is 21.3 Å². The molecule has 11 heteroatoms. The first-order valence-corrected chi connectivity index (χ1v) is 12.0. The Labute approximate surface area is 187 Å². The van der Waals surface area contributed by atoms with E-state index in [-0.39, 0.29) is 23.3 Å². The van der Waals surface area contributed by atoms with Gasteiger partial charge >= 0.3 is 5.97 Å². The lowest BCUT2D eigenvalue weighted by Gasteiger charge is -2.15. The zero-order valence-corrected chi connectivity index (χ0v) is 19.0. The van der Waals surface area contributed by atoms with Gasteiger partial charge in [-0.05, 0) is 50.2 Å². The maximum absolute atomic E-state index is 13.6. The Balaban J connectivity index is 1.79. The molecule has 0 aliphatic rings. The van der Waals surface area contributed by atoms with E-state index in [9.17, 15) is 13.2 Å². The molecular formula is C20H18ClN3O5S2. The largest absolute Gasteiger partial charge is 0.464 e. The van der Waals surface area contributed by atoms with Crippen LogP contribution in [0.2, 0.25) is 5.15 Å². The van der Waals surface area contributed by atoms with E-state index in [4.69, 9.17) is 21.1 Å². The molecule has 1 atom stereocenters. The number of esters is 1. The summed E-state index contributed by atoms with van der Waals surface area (Å²) in [6.45, 7) is 3.33. The highest BCUT2D eigenvalue weighted by Crippen LogP contribution is 2.29. The molecule has 0 saturated carbocycles. The molecule has 0 bridgehead atoms. The molecule has 4 rings (SSSR count). The van der Waals surface area contributed by atoms with Crippen molar-refractivity contribution in [2.75, 3.05) is 6.61 Å². The number of hydrogen-bond donors (Lipinski definition) is 0. The third kappa shape index (κ3) is 4.16. The second-order valence-corrected chi connectivity index (χ2v) is 9.69. The molecule has 0 fully saturated rings. The van der Waals surface area contributed by atoms with Gasteiger partial charge in [0, 0.05) is 0 Å². The monoisotopic (exact) mass is 479 g/mol. The standard InChI is InChI=1S/C20H18ClN3O5S2/c1-3-28-20(25)12(2)29-10-13-8-16-17(6-7-19(21)23-16)24(13)31(26,27)14-4-5-15-18(9-14)30-11-22-15/h4-9,11-12H,3,10H2,1-2H3.